The van der Waals surface area contributed by atoms with E-state index in [1.165, 1.54) is 0 Å². The maximum Gasteiger partial charge on any atom is 0.266 e. The number of amides is 1. The number of anilines is 1. The van der Waals surface area contributed by atoms with Crippen LogP contribution in [-0.2, 0) is 11.4 Å². The van der Waals surface area contributed by atoms with Gasteiger partial charge in [-0.1, -0.05) is 84.9 Å². The van der Waals surface area contributed by atoms with Gasteiger partial charge in [0.15, 0.2) is 11.5 Å². The number of benzene rings is 5. The molecule has 0 atom stereocenters. The van der Waals surface area contributed by atoms with Crippen LogP contribution < -0.4 is 14.8 Å². The summed E-state index contributed by atoms with van der Waals surface area (Å²) in [5.74, 6) is 0.611. The summed E-state index contributed by atoms with van der Waals surface area (Å²) in [6.45, 7) is 0.345. The minimum absolute atomic E-state index is 0.0156. The van der Waals surface area contributed by atoms with Gasteiger partial charge in [-0.05, 0) is 51.6 Å². The van der Waals surface area contributed by atoms with Crippen LogP contribution in [0, 0.1) is 11.3 Å². The topological polar surface area (TPSA) is 71.3 Å². The molecule has 5 aromatic carbocycles. The number of nitriles is 1. The maximum absolute atomic E-state index is 13.0. The highest BCUT2D eigenvalue weighted by molar-refractivity contribution is 6.13. The lowest BCUT2D eigenvalue weighted by Crippen LogP contribution is -2.13. The summed E-state index contributed by atoms with van der Waals surface area (Å²) in [5.41, 5.74) is 2.34. The van der Waals surface area contributed by atoms with Crippen LogP contribution in [0.5, 0.6) is 11.5 Å². The Morgan fingerprint density at radius 1 is 0.838 bits per heavy atom. The SMILES string of the molecule is COc1ccc(/C=C(\C#N)C(=O)Nc2cccc3ccccc23)cc1OCc1cccc2ccccc12. The standard InChI is InChI=1S/C32H24N2O3/c1-36-30-17-16-22(19-31(30)37-21-25-12-6-10-23-8-2-4-13-27(23)25)18-26(20-33)32(35)34-29-15-7-11-24-9-3-5-14-28(24)29/h2-19H,21H2,1H3,(H,34,35)/b26-18+. The number of hydrogen-bond acceptors (Lipinski definition) is 4. The van der Waals surface area contributed by atoms with Crippen molar-refractivity contribution in [3.63, 3.8) is 0 Å². The van der Waals surface area contributed by atoms with Crippen molar-refractivity contribution in [3.05, 3.63) is 120 Å². The Morgan fingerprint density at radius 3 is 2.27 bits per heavy atom. The van der Waals surface area contributed by atoms with Crippen molar-refractivity contribution >= 4 is 39.2 Å². The van der Waals surface area contributed by atoms with E-state index in [9.17, 15) is 10.1 Å². The smallest absolute Gasteiger partial charge is 0.266 e. The molecule has 0 aliphatic carbocycles. The van der Waals surface area contributed by atoms with Crippen LogP contribution in [0.2, 0.25) is 0 Å². The molecule has 0 aliphatic rings. The first-order valence-corrected chi connectivity index (χ1v) is 11.8. The third kappa shape index (κ3) is 5.14. The summed E-state index contributed by atoms with van der Waals surface area (Å²) in [4.78, 5) is 13.0. The molecule has 0 bridgehead atoms. The fraction of sp³-hybridized carbons (Fsp3) is 0.0625. The highest BCUT2D eigenvalue weighted by atomic mass is 16.5. The van der Waals surface area contributed by atoms with Crippen LogP contribution in [0.1, 0.15) is 11.1 Å². The van der Waals surface area contributed by atoms with Gasteiger partial charge >= 0.3 is 0 Å². The molecule has 0 aromatic heterocycles. The number of rotatable bonds is 7. The van der Waals surface area contributed by atoms with E-state index in [1.807, 2.05) is 72.8 Å². The summed E-state index contributed by atoms with van der Waals surface area (Å²) >= 11 is 0. The molecular weight excluding hydrogens is 460 g/mol. The maximum atomic E-state index is 13.0. The zero-order valence-corrected chi connectivity index (χ0v) is 20.3. The fourth-order valence-electron chi connectivity index (χ4n) is 4.31. The monoisotopic (exact) mass is 484 g/mol. The van der Waals surface area contributed by atoms with Crippen molar-refractivity contribution in [2.75, 3.05) is 12.4 Å². The lowest BCUT2D eigenvalue weighted by Gasteiger charge is -2.13. The largest absolute Gasteiger partial charge is 0.493 e. The summed E-state index contributed by atoms with van der Waals surface area (Å²) in [6.07, 6.45) is 1.55. The number of ether oxygens (including phenoxy) is 2. The van der Waals surface area contributed by atoms with Crippen LogP contribution in [0.25, 0.3) is 27.6 Å². The van der Waals surface area contributed by atoms with Gasteiger partial charge in [0.25, 0.3) is 5.91 Å². The molecule has 5 rings (SSSR count). The minimum atomic E-state index is -0.479. The van der Waals surface area contributed by atoms with Crippen molar-refractivity contribution in [2.24, 2.45) is 0 Å². The van der Waals surface area contributed by atoms with Crippen LogP contribution in [0.15, 0.2) is 109 Å². The van der Waals surface area contributed by atoms with Crippen molar-refractivity contribution in [1.82, 2.24) is 0 Å². The van der Waals surface area contributed by atoms with Crippen molar-refractivity contribution in [3.8, 4) is 17.6 Å². The zero-order chi connectivity index (χ0) is 25.6. The molecule has 0 heterocycles. The zero-order valence-electron chi connectivity index (χ0n) is 20.3. The van der Waals surface area contributed by atoms with Crippen molar-refractivity contribution in [1.29, 1.82) is 5.26 Å². The summed E-state index contributed by atoms with van der Waals surface area (Å²) in [6, 6.07) is 35.0. The Hall–Kier alpha value is -5.08. The fourth-order valence-corrected chi connectivity index (χ4v) is 4.31. The summed E-state index contributed by atoms with van der Waals surface area (Å²) in [5, 5.41) is 16.8. The molecule has 5 aromatic rings. The molecule has 0 unspecified atom stereocenters. The predicted molar refractivity (Wildman–Crippen MR) is 147 cm³/mol. The molecule has 180 valence electrons. The van der Waals surface area contributed by atoms with Gasteiger partial charge in [-0.2, -0.15) is 5.26 Å². The van der Waals surface area contributed by atoms with Crippen molar-refractivity contribution < 1.29 is 14.3 Å². The second-order valence-corrected chi connectivity index (χ2v) is 8.49. The number of nitrogens with zero attached hydrogens (tertiary/aromatic N) is 1. The van der Waals surface area contributed by atoms with Crippen LogP contribution in [0.4, 0.5) is 5.69 Å². The first-order chi connectivity index (χ1) is 18.2. The van der Waals surface area contributed by atoms with Gasteiger partial charge in [-0.25, -0.2) is 0 Å². The number of carbonyl (C=O) groups is 1. The molecular formula is C32H24N2O3. The normalized spacial score (nSPS) is 11.2. The highest BCUT2D eigenvalue weighted by Gasteiger charge is 2.13. The van der Waals surface area contributed by atoms with Gasteiger partial charge in [-0.3, -0.25) is 4.79 Å². The molecule has 37 heavy (non-hydrogen) atoms. The van der Waals surface area contributed by atoms with Gasteiger partial charge < -0.3 is 14.8 Å². The predicted octanol–water partition coefficient (Wildman–Crippen LogP) is 7.13. The minimum Gasteiger partial charge on any atom is -0.493 e. The summed E-state index contributed by atoms with van der Waals surface area (Å²) < 4.78 is 11.6. The van der Waals surface area contributed by atoms with E-state index in [0.29, 0.717) is 29.4 Å². The second-order valence-electron chi connectivity index (χ2n) is 8.49. The van der Waals surface area contributed by atoms with E-state index in [1.54, 1.807) is 31.4 Å². The van der Waals surface area contributed by atoms with Gasteiger partial charge in [0.1, 0.15) is 18.2 Å². The van der Waals surface area contributed by atoms with Crippen LogP contribution in [0.3, 0.4) is 0 Å². The summed E-state index contributed by atoms with van der Waals surface area (Å²) in [7, 11) is 1.58. The first-order valence-electron chi connectivity index (χ1n) is 11.8. The number of fused-ring (bicyclic) bond motifs is 2. The Morgan fingerprint density at radius 2 is 1.51 bits per heavy atom. The number of methoxy groups -OCH3 is 1. The van der Waals surface area contributed by atoms with Gasteiger partial charge in [0.2, 0.25) is 0 Å². The van der Waals surface area contributed by atoms with Gasteiger partial charge in [0.05, 0.1) is 7.11 Å². The Labute approximate surface area is 215 Å². The van der Waals surface area contributed by atoms with E-state index in [2.05, 4.69) is 23.5 Å². The molecule has 1 N–H and O–H groups in total. The molecule has 0 radical (unpaired) electrons. The molecule has 0 saturated carbocycles. The molecule has 5 heteroatoms. The van der Waals surface area contributed by atoms with Crippen molar-refractivity contribution in [2.45, 2.75) is 6.61 Å². The Kier molecular flexibility index (Phi) is 6.82. The van der Waals surface area contributed by atoms with E-state index in [-0.39, 0.29) is 5.57 Å². The lowest BCUT2D eigenvalue weighted by molar-refractivity contribution is -0.112. The van der Waals surface area contributed by atoms with Gasteiger partial charge in [-0.15, -0.1) is 0 Å². The molecule has 0 fully saturated rings. The van der Waals surface area contributed by atoms with Crippen LogP contribution in [-0.4, -0.2) is 13.0 Å². The molecule has 0 aliphatic heterocycles. The molecule has 0 spiro atoms. The number of hydrogen-bond donors (Lipinski definition) is 1. The third-order valence-corrected chi connectivity index (χ3v) is 6.16. The number of nitrogens with one attached hydrogen (secondary N) is 1. The Balaban J connectivity index is 1.39. The first kappa shape index (κ1) is 23.7. The van der Waals surface area contributed by atoms with E-state index in [4.69, 9.17) is 9.47 Å². The Bertz CT molecular complexity index is 1670. The number of carbonyl (C=O) groups excluding carboxylic acids is 1. The van der Waals surface area contributed by atoms with E-state index < -0.39 is 5.91 Å². The average molecular weight is 485 g/mol. The van der Waals surface area contributed by atoms with E-state index >= 15 is 0 Å². The van der Waals surface area contributed by atoms with Gasteiger partial charge in [0, 0.05) is 11.1 Å². The van der Waals surface area contributed by atoms with E-state index in [0.717, 1.165) is 27.1 Å². The molecule has 1 amide bonds. The molecule has 5 nitrogen and oxygen atoms in total. The second kappa shape index (κ2) is 10.7. The lowest BCUT2D eigenvalue weighted by atomic mass is 10.1. The molecule has 0 saturated heterocycles. The third-order valence-electron chi connectivity index (χ3n) is 6.16. The quantitative estimate of drug-likeness (QED) is 0.197. The van der Waals surface area contributed by atoms with Crippen LogP contribution >= 0.6 is 0 Å². The highest BCUT2D eigenvalue weighted by Crippen LogP contribution is 2.31. The average Bonchev–Trinajstić information content (AvgIpc) is 2.95.